The van der Waals surface area contributed by atoms with Crippen LogP contribution in [-0.2, 0) is 22.6 Å². The molecule has 0 fully saturated rings. The van der Waals surface area contributed by atoms with Crippen molar-refractivity contribution in [1.29, 1.82) is 0 Å². The van der Waals surface area contributed by atoms with E-state index in [2.05, 4.69) is 15.0 Å². The van der Waals surface area contributed by atoms with Crippen LogP contribution >= 0.6 is 0 Å². The molecule has 10 heteroatoms. The molecule has 0 bridgehead atoms. The van der Waals surface area contributed by atoms with Gasteiger partial charge in [0, 0.05) is 19.2 Å². The Bertz CT molecular complexity index is 1080. The highest BCUT2D eigenvalue weighted by Gasteiger charge is 2.31. The molecular weight excluding hydrogens is 413 g/mol. The zero-order valence-corrected chi connectivity index (χ0v) is 16.9. The Balaban J connectivity index is 1.59. The Hall–Kier alpha value is -3.56. The van der Waals surface area contributed by atoms with Gasteiger partial charge in [-0.15, -0.1) is 13.2 Å². The van der Waals surface area contributed by atoms with Crippen molar-refractivity contribution in [3.63, 3.8) is 0 Å². The van der Waals surface area contributed by atoms with Crippen molar-refractivity contribution < 1.29 is 27.5 Å². The van der Waals surface area contributed by atoms with Gasteiger partial charge in [0.25, 0.3) is 0 Å². The topological polar surface area (TPSA) is 76.5 Å². The number of halogens is 3. The van der Waals surface area contributed by atoms with Crippen molar-refractivity contribution in [2.75, 3.05) is 18.9 Å². The van der Waals surface area contributed by atoms with Crippen molar-refractivity contribution in [3.8, 4) is 5.75 Å². The molecule has 0 saturated carbocycles. The van der Waals surface area contributed by atoms with E-state index in [1.807, 2.05) is 35.8 Å². The van der Waals surface area contributed by atoms with E-state index in [0.717, 1.165) is 29.0 Å². The van der Waals surface area contributed by atoms with Crippen molar-refractivity contribution in [1.82, 2.24) is 14.5 Å². The molecule has 3 aromatic rings. The minimum absolute atomic E-state index is 0.0386. The summed E-state index contributed by atoms with van der Waals surface area (Å²) in [5.41, 5.74) is 1.92. The molecule has 31 heavy (non-hydrogen) atoms. The van der Waals surface area contributed by atoms with Gasteiger partial charge < -0.3 is 19.5 Å². The molecule has 0 aliphatic carbocycles. The fraction of sp³-hybridized carbons (Fsp3) is 0.286. The average molecular weight is 434 g/mol. The van der Waals surface area contributed by atoms with Gasteiger partial charge in [-0.2, -0.15) is 0 Å². The number of alkyl halides is 3. The van der Waals surface area contributed by atoms with Crippen LogP contribution in [0.1, 0.15) is 12.7 Å². The average Bonchev–Trinajstić information content (AvgIpc) is 3.06. The second-order valence-corrected chi connectivity index (χ2v) is 6.83. The number of fused-ring (bicyclic) bond motifs is 1. The second kappa shape index (κ2) is 9.07. The van der Waals surface area contributed by atoms with Gasteiger partial charge in [-0.3, -0.25) is 9.59 Å². The van der Waals surface area contributed by atoms with Crippen LogP contribution in [0.15, 0.2) is 48.5 Å². The molecule has 0 aliphatic rings. The molecule has 3 rings (SSSR count). The molecule has 164 valence electrons. The summed E-state index contributed by atoms with van der Waals surface area (Å²) in [7, 11) is 1.51. The number of rotatable bonds is 7. The van der Waals surface area contributed by atoms with Crippen molar-refractivity contribution >= 4 is 28.5 Å². The zero-order chi connectivity index (χ0) is 22.6. The monoisotopic (exact) mass is 434 g/mol. The van der Waals surface area contributed by atoms with Gasteiger partial charge >= 0.3 is 6.36 Å². The van der Waals surface area contributed by atoms with Crippen LogP contribution in [0.4, 0.5) is 18.9 Å². The maximum absolute atomic E-state index is 12.7. The number of aromatic nitrogens is 2. The third kappa shape index (κ3) is 5.74. The summed E-state index contributed by atoms with van der Waals surface area (Å²) in [6.45, 7) is 1.77. The number of carbonyl (C=O) groups is 2. The number of ether oxygens (including phenoxy) is 1. The Morgan fingerprint density at radius 2 is 1.81 bits per heavy atom. The fourth-order valence-corrected chi connectivity index (χ4v) is 3.07. The van der Waals surface area contributed by atoms with E-state index in [1.165, 1.54) is 24.1 Å². The van der Waals surface area contributed by atoms with Gasteiger partial charge in [-0.05, 0) is 36.4 Å². The highest BCUT2D eigenvalue weighted by molar-refractivity contribution is 5.94. The molecule has 2 amide bonds. The Labute approximate surface area is 176 Å². The molecule has 0 spiro atoms. The molecule has 1 N–H and O–H groups in total. The number of anilines is 1. The Kier molecular flexibility index (Phi) is 6.47. The van der Waals surface area contributed by atoms with Crippen molar-refractivity contribution in [3.05, 3.63) is 54.4 Å². The largest absolute Gasteiger partial charge is 0.573 e. The van der Waals surface area contributed by atoms with Gasteiger partial charge in [0.05, 0.1) is 17.6 Å². The summed E-state index contributed by atoms with van der Waals surface area (Å²) in [5.74, 6) is -0.376. The summed E-state index contributed by atoms with van der Waals surface area (Å²) in [6, 6.07) is 12.2. The predicted octanol–water partition coefficient (Wildman–Crippen LogP) is 3.59. The summed E-state index contributed by atoms with van der Waals surface area (Å²) in [6.07, 6.45) is -4.13. The summed E-state index contributed by atoms with van der Waals surface area (Å²) in [5, 5.41) is 2.54. The first kappa shape index (κ1) is 22.1. The first-order chi connectivity index (χ1) is 14.7. The van der Waals surface area contributed by atoms with Crippen molar-refractivity contribution in [2.45, 2.75) is 26.3 Å². The number of hydrogen-bond acceptors (Lipinski definition) is 4. The lowest BCUT2D eigenvalue weighted by Gasteiger charge is -2.18. The van der Waals surface area contributed by atoms with Gasteiger partial charge in [0.2, 0.25) is 11.8 Å². The number of aryl methyl sites for hydroxylation is 1. The molecule has 7 nitrogen and oxygen atoms in total. The lowest BCUT2D eigenvalue weighted by molar-refractivity contribution is -0.274. The van der Waals surface area contributed by atoms with E-state index < -0.39 is 18.0 Å². The number of para-hydroxylation sites is 2. The third-order valence-corrected chi connectivity index (χ3v) is 4.52. The minimum Gasteiger partial charge on any atom is -0.406 e. The summed E-state index contributed by atoms with van der Waals surface area (Å²) >= 11 is 0. The van der Waals surface area contributed by atoms with Crippen LogP contribution in [0.25, 0.3) is 11.0 Å². The Morgan fingerprint density at radius 3 is 2.45 bits per heavy atom. The molecule has 0 atom stereocenters. The Morgan fingerprint density at radius 1 is 1.13 bits per heavy atom. The SMILES string of the molecule is CCc1nc2ccccc2n1CC(=O)N(C)CC(=O)Nc1ccc(OC(F)(F)F)cc1. The van der Waals surface area contributed by atoms with Crippen LogP contribution in [0, 0.1) is 0 Å². The zero-order valence-electron chi connectivity index (χ0n) is 16.9. The molecule has 0 unspecified atom stereocenters. The van der Waals surface area contributed by atoms with E-state index in [1.54, 1.807) is 0 Å². The van der Waals surface area contributed by atoms with Crippen LogP contribution < -0.4 is 10.1 Å². The van der Waals surface area contributed by atoms with Gasteiger partial charge in [0.1, 0.15) is 18.1 Å². The quantitative estimate of drug-likeness (QED) is 0.617. The van der Waals surface area contributed by atoms with Crippen LogP contribution in [0.3, 0.4) is 0 Å². The van der Waals surface area contributed by atoms with Gasteiger partial charge in [-0.25, -0.2) is 4.98 Å². The van der Waals surface area contributed by atoms with E-state index >= 15 is 0 Å². The van der Waals surface area contributed by atoms with E-state index in [0.29, 0.717) is 6.42 Å². The highest BCUT2D eigenvalue weighted by Crippen LogP contribution is 2.24. The van der Waals surface area contributed by atoms with Crippen LogP contribution in [0.2, 0.25) is 0 Å². The standard InChI is InChI=1S/C21H21F3N4O3/c1-3-18-26-16-6-4-5-7-17(16)28(18)13-20(30)27(2)12-19(29)25-14-8-10-15(11-9-14)31-21(22,23)24/h4-11H,3,12-13H2,1-2H3,(H,25,29). The van der Waals surface area contributed by atoms with Crippen LogP contribution in [-0.4, -0.2) is 46.2 Å². The number of imidazole rings is 1. The number of nitrogens with one attached hydrogen (secondary N) is 1. The van der Waals surface area contributed by atoms with Crippen molar-refractivity contribution in [2.24, 2.45) is 0 Å². The second-order valence-electron chi connectivity index (χ2n) is 6.83. The smallest absolute Gasteiger partial charge is 0.406 e. The lowest BCUT2D eigenvalue weighted by atomic mass is 10.3. The first-order valence-corrected chi connectivity index (χ1v) is 9.50. The highest BCUT2D eigenvalue weighted by atomic mass is 19.4. The predicted molar refractivity (Wildman–Crippen MR) is 109 cm³/mol. The van der Waals surface area contributed by atoms with E-state index in [-0.39, 0.29) is 24.7 Å². The summed E-state index contributed by atoms with van der Waals surface area (Å²) in [4.78, 5) is 30.7. The van der Waals surface area contributed by atoms with Crippen LogP contribution in [0.5, 0.6) is 5.75 Å². The maximum atomic E-state index is 12.7. The number of hydrogen-bond donors (Lipinski definition) is 1. The number of nitrogens with zero attached hydrogens (tertiary/aromatic N) is 3. The lowest BCUT2D eigenvalue weighted by Crippen LogP contribution is -2.37. The van der Waals surface area contributed by atoms with E-state index in [9.17, 15) is 22.8 Å². The molecule has 1 heterocycles. The number of carbonyl (C=O) groups excluding carboxylic acids is 2. The molecule has 0 saturated heterocycles. The number of likely N-dealkylation sites (N-methyl/N-ethyl adjacent to an activating group) is 1. The molecule has 0 aliphatic heterocycles. The molecule has 2 aromatic carbocycles. The summed E-state index contributed by atoms with van der Waals surface area (Å²) < 4.78 is 42.2. The van der Waals surface area contributed by atoms with E-state index in [4.69, 9.17) is 0 Å². The number of benzene rings is 2. The molecule has 0 radical (unpaired) electrons. The molecular formula is C21H21F3N4O3. The minimum atomic E-state index is -4.79. The third-order valence-electron chi connectivity index (χ3n) is 4.52. The normalized spacial score (nSPS) is 11.4. The van der Waals surface area contributed by atoms with Gasteiger partial charge in [-0.1, -0.05) is 19.1 Å². The maximum Gasteiger partial charge on any atom is 0.573 e. The van der Waals surface area contributed by atoms with Gasteiger partial charge in [0.15, 0.2) is 0 Å². The first-order valence-electron chi connectivity index (χ1n) is 9.50. The fourth-order valence-electron chi connectivity index (χ4n) is 3.07. The number of amides is 2. The molecule has 1 aromatic heterocycles.